The summed E-state index contributed by atoms with van der Waals surface area (Å²) in [7, 11) is -2.74. The molecular weight excluding hydrogens is 321 g/mol. The van der Waals surface area contributed by atoms with Crippen LogP contribution >= 0.6 is 7.37 Å². The first kappa shape index (κ1) is 18.4. The lowest BCUT2D eigenvalue weighted by Crippen LogP contribution is -2.18. The van der Waals surface area contributed by atoms with Gasteiger partial charge in [0.05, 0.1) is 6.10 Å². The summed E-state index contributed by atoms with van der Waals surface area (Å²) >= 11 is 0. The van der Waals surface area contributed by atoms with Crippen molar-refractivity contribution in [2.75, 3.05) is 12.3 Å². The van der Waals surface area contributed by atoms with Crippen LogP contribution in [0.5, 0.6) is 0 Å². The van der Waals surface area contributed by atoms with Gasteiger partial charge in [-0.05, 0) is 17.2 Å². The van der Waals surface area contributed by atoms with Gasteiger partial charge in [0.25, 0.3) is 0 Å². The van der Waals surface area contributed by atoms with Gasteiger partial charge < -0.3 is 10.3 Å². The fourth-order valence-corrected chi connectivity index (χ4v) is 4.04. The number of amides is 1. The number of carbonyl (C=O) groups is 1. The van der Waals surface area contributed by atoms with E-state index in [-0.39, 0.29) is 0 Å². The number of rotatable bonds is 8. The van der Waals surface area contributed by atoms with Crippen molar-refractivity contribution in [1.82, 2.24) is 0 Å². The zero-order valence-electron chi connectivity index (χ0n) is 14.1. The van der Waals surface area contributed by atoms with E-state index >= 15 is 0 Å². The average molecular weight is 345 g/mol. The summed E-state index contributed by atoms with van der Waals surface area (Å²) in [5.74, 6) is -0.505. The Morgan fingerprint density at radius 3 is 2.21 bits per heavy atom. The van der Waals surface area contributed by atoms with Crippen LogP contribution in [0.1, 0.15) is 41.4 Å². The second kappa shape index (κ2) is 8.27. The minimum absolute atomic E-state index is 0.414. The summed E-state index contributed by atoms with van der Waals surface area (Å²) in [6.45, 7) is 3.73. The molecule has 0 heterocycles. The molecule has 0 spiro atoms. The number of nitrogens with two attached hydrogens (primary N) is 1. The third kappa shape index (κ3) is 4.56. The van der Waals surface area contributed by atoms with Crippen molar-refractivity contribution in [2.45, 2.75) is 26.4 Å². The second-order valence-corrected chi connectivity index (χ2v) is 8.79. The zero-order valence-corrected chi connectivity index (χ0v) is 15.0. The van der Waals surface area contributed by atoms with Crippen LogP contribution in [0.15, 0.2) is 54.6 Å². The fourth-order valence-electron chi connectivity index (χ4n) is 2.64. The molecule has 0 saturated carbocycles. The molecule has 2 aromatic rings. The first-order valence-electron chi connectivity index (χ1n) is 8.18. The van der Waals surface area contributed by atoms with Gasteiger partial charge in [0.1, 0.15) is 0 Å². The molecular formula is C19H24NO3P. The minimum atomic E-state index is -2.74. The molecule has 128 valence electrons. The molecule has 2 aromatic carbocycles. The molecule has 0 saturated heterocycles. The van der Waals surface area contributed by atoms with E-state index < -0.39 is 19.4 Å². The Labute approximate surface area is 143 Å². The highest BCUT2D eigenvalue weighted by atomic mass is 31.2. The third-order valence-corrected chi connectivity index (χ3v) is 6.69. The Morgan fingerprint density at radius 2 is 1.62 bits per heavy atom. The van der Waals surface area contributed by atoms with Crippen LogP contribution in [-0.2, 0) is 15.5 Å². The van der Waals surface area contributed by atoms with Gasteiger partial charge in [0.15, 0.2) is 0 Å². The van der Waals surface area contributed by atoms with Gasteiger partial charge in [-0.3, -0.25) is 9.36 Å². The van der Waals surface area contributed by atoms with Crippen molar-refractivity contribution in [3.63, 3.8) is 0 Å². The summed E-state index contributed by atoms with van der Waals surface area (Å²) in [5, 5.41) is 0. The van der Waals surface area contributed by atoms with Gasteiger partial charge in [-0.25, -0.2) is 0 Å². The maximum absolute atomic E-state index is 12.9. The molecule has 4 nitrogen and oxygen atoms in total. The molecule has 24 heavy (non-hydrogen) atoms. The Morgan fingerprint density at radius 1 is 1.04 bits per heavy atom. The van der Waals surface area contributed by atoms with Crippen molar-refractivity contribution in [3.05, 3.63) is 71.3 Å². The smallest absolute Gasteiger partial charge is 0.249 e. The SMILES string of the molecule is CCP(=O)(CC)OC(Cc1ccccc1)c1ccccc1C(N)=O. The Hall–Kier alpha value is -1.90. The van der Waals surface area contributed by atoms with E-state index in [2.05, 4.69) is 0 Å². The number of primary amides is 1. The van der Waals surface area contributed by atoms with Crippen LogP contribution in [0.25, 0.3) is 0 Å². The second-order valence-electron chi connectivity index (χ2n) is 5.68. The highest BCUT2D eigenvalue weighted by Gasteiger charge is 2.27. The summed E-state index contributed by atoms with van der Waals surface area (Å²) < 4.78 is 18.9. The summed E-state index contributed by atoms with van der Waals surface area (Å²) in [5.41, 5.74) is 7.67. The van der Waals surface area contributed by atoms with Crippen LogP contribution in [0.2, 0.25) is 0 Å². The third-order valence-electron chi connectivity index (χ3n) is 4.12. The van der Waals surface area contributed by atoms with Gasteiger partial charge in [0, 0.05) is 24.3 Å². The molecule has 0 aliphatic heterocycles. The molecule has 1 unspecified atom stereocenters. The minimum Gasteiger partial charge on any atom is -0.366 e. The quantitative estimate of drug-likeness (QED) is 0.721. The predicted octanol–water partition coefficient (Wildman–Crippen LogP) is 4.40. The predicted molar refractivity (Wildman–Crippen MR) is 97.6 cm³/mol. The van der Waals surface area contributed by atoms with Gasteiger partial charge >= 0.3 is 0 Å². The lowest BCUT2D eigenvalue weighted by Gasteiger charge is -2.25. The van der Waals surface area contributed by atoms with E-state index in [1.54, 1.807) is 12.1 Å². The molecule has 0 aliphatic rings. The highest BCUT2D eigenvalue weighted by molar-refractivity contribution is 7.58. The van der Waals surface area contributed by atoms with Crippen molar-refractivity contribution >= 4 is 13.3 Å². The molecule has 2 rings (SSSR count). The largest absolute Gasteiger partial charge is 0.366 e. The molecule has 0 bridgehead atoms. The first-order valence-corrected chi connectivity index (χ1v) is 10.2. The zero-order chi connectivity index (χ0) is 17.6. The fraction of sp³-hybridized carbons (Fsp3) is 0.316. The molecule has 1 atom stereocenters. The van der Waals surface area contributed by atoms with E-state index in [0.717, 1.165) is 5.56 Å². The maximum atomic E-state index is 12.9. The van der Waals surface area contributed by atoms with Crippen LogP contribution in [0, 0.1) is 0 Å². The summed E-state index contributed by atoms with van der Waals surface area (Å²) in [6.07, 6.45) is 0.998. The lowest BCUT2D eigenvalue weighted by atomic mass is 9.97. The van der Waals surface area contributed by atoms with Gasteiger partial charge in [-0.15, -0.1) is 0 Å². The van der Waals surface area contributed by atoms with E-state index in [9.17, 15) is 9.36 Å². The lowest BCUT2D eigenvalue weighted by molar-refractivity contribution is 0.0994. The van der Waals surface area contributed by atoms with Crippen molar-refractivity contribution in [3.8, 4) is 0 Å². The normalized spacial score (nSPS) is 12.8. The molecule has 0 radical (unpaired) electrons. The van der Waals surface area contributed by atoms with Crippen LogP contribution in [0.3, 0.4) is 0 Å². The van der Waals surface area contributed by atoms with E-state index in [1.165, 1.54) is 0 Å². The number of hydrogen-bond acceptors (Lipinski definition) is 3. The standard InChI is InChI=1S/C19H24NO3P/c1-3-24(22,4-2)23-18(14-15-10-6-5-7-11-15)16-12-8-9-13-17(16)19(20)21/h5-13,18H,3-4,14H2,1-2H3,(H2,20,21). The van der Waals surface area contributed by atoms with Crippen LogP contribution in [-0.4, -0.2) is 18.2 Å². The van der Waals surface area contributed by atoms with E-state index in [4.69, 9.17) is 10.3 Å². The molecule has 2 N–H and O–H groups in total. The Balaban J connectivity index is 2.43. The van der Waals surface area contributed by atoms with Crippen LogP contribution < -0.4 is 5.73 Å². The summed E-state index contributed by atoms with van der Waals surface area (Å²) in [4.78, 5) is 11.8. The maximum Gasteiger partial charge on any atom is 0.249 e. The Kier molecular flexibility index (Phi) is 6.36. The van der Waals surface area contributed by atoms with E-state index in [0.29, 0.717) is 29.9 Å². The van der Waals surface area contributed by atoms with Gasteiger partial charge in [-0.1, -0.05) is 62.4 Å². The summed E-state index contributed by atoms with van der Waals surface area (Å²) in [6, 6.07) is 16.9. The van der Waals surface area contributed by atoms with Crippen molar-refractivity contribution in [1.29, 1.82) is 0 Å². The Bertz CT molecular complexity index is 722. The van der Waals surface area contributed by atoms with Crippen molar-refractivity contribution in [2.24, 2.45) is 5.73 Å². The van der Waals surface area contributed by atoms with E-state index in [1.807, 2.05) is 56.3 Å². The number of carbonyl (C=O) groups excluding carboxylic acids is 1. The van der Waals surface area contributed by atoms with Crippen LogP contribution in [0.4, 0.5) is 0 Å². The van der Waals surface area contributed by atoms with Gasteiger partial charge in [-0.2, -0.15) is 0 Å². The monoisotopic (exact) mass is 345 g/mol. The molecule has 5 heteroatoms. The molecule has 0 fully saturated rings. The molecule has 1 amide bonds. The highest BCUT2D eigenvalue weighted by Crippen LogP contribution is 2.51. The van der Waals surface area contributed by atoms with Gasteiger partial charge in [0.2, 0.25) is 13.3 Å². The average Bonchev–Trinajstić information content (AvgIpc) is 2.62. The number of benzene rings is 2. The first-order chi connectivity index (χ1) is 11.5. The van der Waals surface area contributed by atoms with Crippen molar-refractivity contribution < 1.29 is 13.9 Å². The molecule has 0 aromatic heterocycles. The molecule has 0 aliphatic carbocycles. The topological polar surface area (TPSA) is 69.4 Å². The number of hydrogen-bond donors (Lipinski definition) is 1.